The molecule has 1 aliphatic carbocycles. The lowest BCUT2D eigenvalue weighted by Gasteiger charge is -2.35. The summed E-state index contributed by atoms with van der Waals surface area (Å²) in [5.74, 6) is 0.625. The van der Waals surface area contributed by atoms with Crippen LogP contribution in [0.25, 0.3) is 11.3 Å². The van der Waals surface area contributed by atoms with Crippen LogP contribution in [0.4, 0.5) is 10.8 Å². The van der Waals surface area contributed by atoms with Crippen molar-refractivity contribution in [1.82, 2.24) is 9.88 Å². The highest BCUT2D eigenvalue weighted by Gasteiger charge is 2.46. The Morgan fingerprint density at radius 3 is 2.54 bits per heavy atom. The van der Waals surface area contributed by atoms with E-state index in [4.69, 9.17) is 15.5 Å². The average molecular weight is 597 g/mol. The lowest BCUT2D eigenvalue weighted by Crippen LogP contribution is -2.44. The summed E-state index contributed by atoms with van der Waals surface area (Å²) < 4.78 is 29.7. The third-order valence-electron chi connectivity index (χ3n) is 8.73. The molecule has 2 aromatic carbocycles. The summed E-state index contributed by atoms with van der Waals surface area (Å²) in [5.41, 5.74) is 11.9. The summed E-state index contributed by atoms with van der Waals surface area (Å²) in [5, 5.41) is 12.6. The van der Waals surface area contributed by atoms with Crippen LogP contribution in [-0.2, 0) is 27.8 Å². The van der Waals surface area contributed by atoms with Gasteiger partial charge in [-0.15, -0.1) is 11.3 Å². The van der Waals surface area contributed by atoms with E-state index in [0.29, 0.717) is 31.9 Å². The maximum atomic E-state index is 11.7. The van der Waals surface area contributed by atoms with Gasteiger partial charge in [0.05, 0.1) is 23.1 Å². The Kier molecular flexibility index (Phi) is 7.69. The molecular weight excluding hydrogens is 560 g/mol. The zero-order chi connectivity index (χ0) is 28.7. The van der Waals surface area contributed by atoms with Crippen LogP contribution in [0.5, 0.6) is 5.75 Å². The molecule has 0 spiro atoms. The van der Waals surface area contributed by atoms with Crippen LogP contribution in [-0.4, -0.2) is 67.1 Å². The molecule has 3 N–H and O–H groups in total. The number of anilines is 2. The second kappa shape index (κ2) is 11.3. The molecule has 2 aliphatic heterocycles. The molecule has 1 aromatic heterocycles. The van der Waals surface area contributed by atoms with Crippen molar-refractivity contribution < 1.29 is 23.1 Å². The van der Waals surface area contributed by atoms with Gasteiger partial charge < -0.3 is 20.5 Å². The molecule has 218 valence electrons. The second-order valence-electron chi connectivity index (χ2n) is 11.6. The fraction of sp³-hybridized carbons (Fsp3) is 0.467. The number of fused-ring (bicyclic) bond motifs is 2. The van der Waals surface area contributed by atoms with Gasteiger partial charge in [0.15, 0.2) is 15.0 Å². The Morgan fingerprint density at radius 1 is 1.12 bits per heavy atom. The van der Waals surface area contributed by atoms with E-state index >= 15 is 0 Å². The van der Waals surface area contributed by atoms with Gasteiger partial charge in [-0.2, -0.15) is 0 Å². The summed E-state index contributed by atoms with van der Waals surface area (Å²) in [7, 11) is -2.90. The largest absolute Gasteiger partial charge is 0.488 e. The first-order chi connectivity index (χ1) is 19.6. The Morgan fingerprint density at radius 2 is 1.85 bits per heavy atom. The highest BCUT2D eigenvalue weighted by atomic mass is 32.2. The van der Waals surface area contributed by atoms with Crippen LogP contribution in [0.3, 0.4) is 0 Å². The molecular formula is C30H36N4O5S2. The van der Waals surface area contributed by atoms with Crippen molar-refractivity contribution in [3.63, 3.8) is 0 Å². The average Bonchev–Trinajstić information content (AvgIpc) is 3.53. The number of hydrogen-bond acceptors (Lipinski definition) is 9. The van der Waals surface area contributed by atoms with E-state index in [9.17, 15) is 18.3 Å². The van der Waals surface area contributed by atoms with E-state index in [1.165, 1.54) is 0 Å². The third-order valence-corrected chi connectivity index (χ3v) is 11.2. The molecule has 3 aromatic rings. The van der Waals surface area contributed by atoms with Gasteiger partial charge in [0, 0.05) is 54.9 Å². The molecule has 6 rings (SSSR count). The number of nitrogens with zero attached hydrogens (tertiary/aromatic N) is 3. The quantitative estimate of drug-likeness (QED) is 0.370. The van der Waals surface area contributed by atoms with Gasteiger partial charge in [-0.1, -0.05) is 23.8 Å². The maximum Gasteiger partial charge on any atom is 0.307 e. The number of carboxylic acid groups (broad SMARTS) is 1. The Hall–Kier alpha value is -3.15. The van der Waals surface area contributed by atoms with E-state index < -0.39 is 15.8 Å². The summed E-state index contributed by atoms with van der Waals surface area (Å²) in [6, 6.07) is 12.0. The Balaban J connectivity index is 1.13. The molecule has 41 heavy (non-hydrogen) atoms. The van der Waals surface area contributed by atoms with Gasteiger partial charge >= 0.3 is 5.97 Å². The zero-order valence-corrected chi connectivity index (χ0v) is 24.8. The lowest BCUT2D eigenvalue weighted by atomic mass is 9.85. The van der Waals surface area contributed by atoms with Crippen molar-refractivity contribution in [3.8, 4) is 17.0 Å². The first-order valence-electron chi connectivity index (χ1n) is 14.1. The molecule has 3 atom stereocenters. The van der Waals surface area contributed by atoms with Crippen molar-refractivity contribution in [2.75, 3.05) is 48.3 Å². The molecule has 2 saturated heterocycles. The molecule has 3 aliphatic rings. The first-order valence-corrected chi connectivity index (χ1v) is 16.8. The van der Waals surface area contributed by atoms with Crippen LogP contribution >= 0.6 is 11.3 Å². The number of rotatable bonds is 8. The third kappa shape index (κ3) is 6.07. The van der Waals surface area contributed by atoms with Gasteiger partial charge in [0.25, 0.3) is 0 Å². The summed E-state index contributed by atoms with van der Waals surface area (Å²) >= 11 is 1.59. The number of thiazole rings is 1. The van der Waals surface area contributed by atoms with Crippen molar-refractivity contribution in [1.29, 1.82) is 0 Å². The molecule has 9 nitrogen and oxygen atoms in total. The van der Waals surface area contributed by atoms with Crippen LogP contribution in [0.1, 0.15) is 29.5 Å². The monoisotopic (exact) mass is 596 g/mol. The van der Waals surface area contributed by atoms with Crippen LogP contribution in [0, 0.1) is 24.7 Å². The number of piperidine rings is 1. The fourth-order valence-electron chi connectivity index (χ4n) is 6.48. The fourth-order valence-corrected chi connectivity index (χ4v) is 8.60. The number of hydrogen-bond donors (Lipinski definition) is 2. The summed E-state index contributed by atoms with van der Waals surface area (Å²) in [6.07, 6.45) is 1.94. The number of aliphatic carboxylic acids is 1. The minimum Gasteiger partial charge on any atom is -0.488 e. The normalized spacial score (nSPS) is 23.9. The number of nitrogens with two attached hydrogens (primary N) is 1. The Labute approximate surface area is 244 Å². The van der Waals surface area contributed by atoms with E-state index in [1.807, 2.05) is 37.3 Å². The molecule has 0 amide bonds. The number of ether oxygens (including phenoxy) is 1. The topological polar surface area (TPSA) is 126 Å². The number of sulfone groups is 1. The van der Waals surface area contributed by atoms with E-state index in [1.54, 1.807) is 11.3 Å². The number of carbonyl (C=O) groups is 1. The van der Waals surface area contributed by atoms with Gasteiger partial charge in [-0.25, -0.2) is 13.4 Å². The minimum absolute atomic E-state index is 0.185. The van der Waals surface area contributed by atoms with Gasteiger partial charge in [0.2, 0.25) is 0 Å². The van der Waals surface area contributed by atoms with Gasteiger partial charge in [0.1, 0.15) is 12.4 Å². The lowest BCUT2D eigenvalue weighted by molar-refractivity contribution is -0.144. The minimum atomic E-state index is -2.90. The first kappa shape index (κ1) is 28.0. The SMILES string of the molecule is Cc1ccc(OCc2ccc(CN3CCS(=O)(=O)CC3)cc2N)c(-c2csc(N3C[C@H]4CC[C@@H](C3)[C@H]4C(=O)O)n2)c1. The van der Waals surface area contributed by atoms with E-state index in [-0.39, 0.29) is 29.3 Å². The molecule has 0 unspecified atom stereocenters. The van der Waals surface area contributed by atoms with Gasteiger partial charge in [-0.05, 0) is 55.4 Å². The molecule has 2 bridgehead atoms. The second-order valence-corrected chi connectivity index (χ2v) is 14.8. The number of aromatic nitrogens is 1. The number of nitrogen functional groups attached to an aromatic ring is 1. The number of carboxylic acids is 1. The standard InChI is InChI=1S/C30H36N4O5S2/c1-19-2-7-27(39-17-23-4-3-20(13-25(23)31)14-33-8-10-41(37,38)11-9-33)24(12-19)26-18-40-30(32-26)34-15-21-5-6-22(16-34)28(21)29(35)36/h2-4,7,12-13,18,21-22,28H,5-6,8-11,14-17,31H2,1H3,(H,35,36)/t21-,22+,28+. The number of benzene rings is 2. The number of aryl methyl sites for hydroxylation is 1. The predicted molar refractivity (Wildman–Crippen MR) is 161 cm³/mol. The highest BCUT2D eigenvalue weighted by Crippen LogP contribution is 2.44. The zero-order valence-electron chi connectivity index (χ0n) is 23.2. The van der Waals surface area contributed by atoms with Crippen molar-refractivity contribution in [2.24, 2.45) is 17.8 Å². The van der Waals surface area contributed by atoms with E-state index in [2.05, 4.69) is 21.2 Å². The molecule has 0 radical (unpaired) electrons. The molecule has 1 saturated carbocycles. The van der Waals surface area contributed by atoms with Crippen molar-refractivity contribution in [3.05, 3.63) is 58.5 Å². The molecule has 11 heteroatoms. The van der Waals surface area contributed by atoms with Crippen LogP contribution < -0.4 is 15.4 Å². The van der Waals surface area contributed by atoms with Crippen molar-refractivity contribution >= 4 is 38.0 Å². The smallest absolute Gasteiger partial charge is 0.307 e. The van der Waals surface area contributed by atoms with E-state index in [0.717, 1.165) is 64.8 Å². The molecule has 3 fully saturated rings. The van der Waals surface area contributed by atoms with Crippen LogP contribution in [0.15, 0.2) is 41.8 Å². The summed E-state index contributed by atoms with van der Waals surface area (Å²) in [4.78, 5) is 21.1. The highest BCUT2D eigenvalue weighted by molar-refractivity contribution is 7.91. The van der Waals surface area contributed by atoms with Gasteiger partial charge in [-0.3, -0.25) is 9.69 Å². The Bertz CT molecular complexity index is 1530. The maximum absolute atomic E-state index is 11.7. The molecule has 3 heterocycles. The van der Waals surface area contributed by atoms with Crippen molar-refractivity contribution in [2.45, 2.75) is 32.9 Å². The predicted octanol–water partition coefficient (Wildman–Crippen LogP) is 4.06. The summed E-state index contributed by atoms with van der Waals surface area (Å²) in [6.45, 7) is 5.60. The van der Waals surface area contributed by atoms with Crippen LogP contribution in [0.2, 0.25) is 0 Å².